The topological polar surface area (TPSA) is 41.9 Å². The van der Waals surface area contributed by atoms with E-state index in [2.05, 4.69) is 4.90 Å². The van der Waals surface area contributed by atoms with E-state index in [1.807, 2.05) is 0 Å². The van der Waals surface area contributed by atoms with Gasteiger partial charge in [0.1, 0.15) is 0 Å². The number of aliphatic hydroxyl groups is 1. The number of hydrogen-bond donors (Lipinski definition) is 1. The van der Waals surface area contributed by atoms with Crippen molar-refractivity contribution < 1.29 is 14.6 Å². The lowest BCUT2D eigenvalue weighted by Crippen LogP contribution is -2.46. The highest BCUT2D eigenvalue weighted by Crippen LogP contribution is 2.17. The average Bonchev–Trinajstić information content (AvgIpc) is 2.31. The smallest absolute Gasteiger partial charge is 0.0932 e. The minimum absolute atomic E-state index is 0.0265. The summed E-state index contributed by atoms with van der Waals surface area (Å²) < 4.78 is 10.8. The van der Waals surface area contributed by atoms with Crippen LogP contribution in [0.1, 0.15) is 12.8 Å². The molecular weight excluding hydrogens is 194 g/mol. The molecule has 4 heteroatoms. The molecule has 0 saturated carbocycles. The first-order valence-electron chi connectivity index (χ1n) is 5.91. The van der Waals surface area contributed by atoms with Crippen molar-refractivity contribution >= 4 is 0 Å². The second-order valence-electron chi connectivity index (χ2n) is 4.49. The van der Waals surface area contributed by atoms with Gasteiger partial charge in [0.25, 0.3) is 0 Å². The summed E-state index contributed by atoms with van der Waals surface area (Å²) in [7, 11) is 0. The molecule has 0 aromatic carbocycles. The van der Waals surface area contributed by atoms with Gasteiger partial charge in [0.05, 0.1) is 19.3 Å². The van der Waals surface area contributed by atoms with Gasteiger partial charge in [-0.05, 0) is 18.8 Å². The fourth-order valence-electron chi connectivity index (χ4n) is 2.35. The van der Waals surface area contributed by atoms with Gasteiger partial charge in [0.2, 0.25) is 0 Å². The van der Waals surface area contributed by atoms with Gasteiger partial charge < -0.3 is 14.6 Å². The Hall–Kier alpha value is -0.160. The van der Waals surface area contributed by atoms with Gasteiger partial charge in [0.15, 0.2) is 0 Å². The molecule has 0 aromatic heterocycles. The normalized spacial score (nSPS) is 30.6. The van der Waals surface area contributed by atoms with E-state index in [0.29, 0.717) is 0 Å². The average molecular weight is 215 g/mol. The summed E-state index contributed by atoms with van der Waals surface area (Å²) >= 11 is 0. The quantitative estimate of drug-likeness (QED) is 0.725. The Morgan fingerprint density at radius 1 is 1.20 bits per heavy atom. The summed E-state index contributed by atoms with van der Waals surface area (Å²) in [4.78, 5) is 2.42. The SMILES string of the molecule is OCC1CN(CC2CCOCC2)CCO1. The fourth-order valence-corrected chi connectivity index (χ4v) is 2.35. The zero-order valence-electron chi connectivity index (χ0n) is 9.23. The molecule has 0 radical (unpaired) electrons. The number of aliphatic hydroxyl groups excluding tert-OH is 1. The fraction of sp³-hybridized carbons (Fsp3) is 1.00. The van der Waals surface area contributed by atoms with Crippen LogP contribution in [0.2, 0.25) is 0 Å². The molecular formula is C11H21NO3. The maximum absolute atomic E-state index is 9.04. The van der Waals surface area contributed by atoms with E-state index in [4.69, 9.17) is 14.6 Å². The molecule has 88 valence electrons. The zero-order valence-corrected chi connectivity index (χ0v) is 9.23. The molecule has 1 atom stereocenters. The van der Waals surface area contributed by atoms with Crippen LogP contribution in [0.25, 0.3) is 0 Å². The van der Waals surface area contributed by atoms with Crippen molar-refractivity contribution in [1.82, 2.24) is 4.90 Å². The van der Waals surface area contributed by atoms with Gasteiger partial charge in [-0.3, -0.25) is 4.90 Å². The molecule has 2 aliphatic rings. The van der Waals surface area contributed by atoms with Crippen LogP contribution in [-0.4, -0.2) is 62.2 Å². The summed E-state index contributed by atoms with van der Waals surface area (Å²) in [6, 6.07) is 0. The zero-order chi connectivity index (χ0) is 10.5. The Morgan fingerprint density at radius 3 is 2.73 bits per heavy atom. The van der Waals surface area contributed by atoms with Crippen molar-refractivity contribution in [2.75, 3.05) is 46.1 Å². The monoisotopic (exact) mass is 215 g/mol. The van der Waals surface area contributed by atoms with Crippen molar-refractivity contribution in [3.05, 3.63) is 0 Å². The van der Waals surface area contributed by atoms with E-state index in [1.54, 1.807) is 0 Å². The molecule has 0 amide bonds. The van der Waals surface area contributed by atoms with Gasteiger partial charge >= 0.3 is 0 Å². The summed E-state index contributed by atoms with van der Waals surface area (Å²) in [6.45, 7) is 5.76. The first-order valence-corrected chi connectivity index (χ1v) is 5.91. The predicted molar refractivity (Wildman–Crippen MR) is 56.8 cm³/mol. The van der Waals surface area contributed by atoms with Crippen LogP contribution in [0, 0.1) is 5.92 Å². The number of ether oxygens (including phenoxy) is 2. The van der Waals surface area contributed by atoms with Crippen LogP contribution in [0.3, 0.4) is 0 Å². The molecule has 0 aromatic rings. The lowest BCUT2D eigenvalue weighted by molar-refractivity contribution is -0.0604. The maximum atomic E-state index is 9.04. The van der Waals surface area contributed by atoms with Crippen molar-refractivity contribution in [3.8, 4) is 0 Å². The molecule has 2 rings (SSSR count). The highest BCUT2D eigenvalue weighted by atomic mass is 16.5. The first kappa shape index (κ1) is 11.3. The molecule has 2 saturated heterocycles. The third-order valence-corrected chi connectivity index (χ3v) is 3.28. The van der Waals surface area contributed by atoms with E-state index in [-0.39, 0.29) is 12.7 Å². The molecule has 1 unspecified atom stereocenters. The molecule has 0 spiro atoms. The Balaban J connectivity index is 1.72. The second-order valence-corrected chi connectivity index (χ2v) is 4.49. The third-order valence-electron chi connectivity index (χ3n) is 3.28. The highest BCUT2D eigenvalue weighted by Gasteiger charge is 2.23. The minimum atomic E-state index is 0.0265. The molecule has 4 nitrogen and oxygen atoms in total. The Labute approximate surface area is 91.2 Å². The van der Waals surface area contributed by atoms with Crippen molar-refractivity contribution in [1.29, 1.82) is 0 Å². The number of morpholine rings is 1. The third kappa shape index (κ3) is 3.41. The summed E-state index contributed by atoms with van der Waals surface area (Å²) in [5.41, 5.74) is 0. The van der Waals surface area contributed by atoms with E-state index in [1.165, 1.54) is 12.8 Å². The standard InChI is InChI=1S/C11H21NO3/c13-9-11-8-12(3-6-15-11)7-10-1-4-14-5-2-10/h10-11,13H,1-9H2. The number of nitrogens with zero attached hydrogens (tertiary/aromatic N) is 1. The van der Waals surface area contributed by atoms with Crippen LogP contribution < -0.4 is 0 Å². The molecule has 0 bridgehead atoms. The Morgan fingerprint density at radius 2 is 2.00 bits per heavy atom. The van der Waals surface area contributed by atoms with E-state index >= 15 is 0 Å². The lowest BCUT2D eigenvalue weighted by atomic mass is 9.99. The summed E-state index contributed by atoms with van der Waals surface area (Å²) in [5.74, 6) is 0.774. The van der Waals surface area contributed by atoms with Gasteiger partial charge in [-0.1, -0.05) is 0 Å². The highest BCUT2D eigenvalue weighted by molar-refractivity contribution is 4.74. The second kappa shape index (κ2) is 5.80. The van der Waals surface area contributed by atoms with Crippen LogP contribution in [-0.2, 0) is 9.47 Å². The van der Waals surface area contributed by atoms with Gasteiger partial charge in [-0.15, -0.1) is 0 Å². The predicted octanol–water partition coefficient (Wildman–Crippen LogP) is 0.106. The molecule has 2 fully saturated rings. The largest absolute Gasteiger partial charge is 0.394 e. The van der Waals surface area contributed by atoms with E-state index < -0.39 is 0 Å². The number of hydrogen-bond acceptors (Lipinski definition) is 4. The van der Waals surface area contributed by atoms with Crippen LogP contribution in [0.15, 0.2) is 0 Å². The number of rotatable bonds is 3. The van der Waals surface area contributed by atoms with Crippen molar-refractivity contribution in [3.63, 3.8) is 0 Å². The molecule has 1 N–H and O–H groups in total. The lowest BCUT2D eigenvalue weighted by Gasteiger charge is -2.35. The van der Waals surface area contributed by atoms with Crippen molar-refractivity contribution in [2.45, 2.75) is 18.9 Å². The minimum Gasteiger partial charge on any atom is -0.394 e. The molecule has 0 aliphatic carbocycles. The van der Waals surface area contributed by atoms with Crippen LogP contribution >= 0.6 is 0 Å². The molecule has 2 aliphatic heterocycles. The summed E-state index contributed by atoms with van der Waals surface area (Å²) in [5, 5.41) is 9.04. The summed E-state index contributed by atoms with van der Waals surface area (Å²) in [6.07, 6.45) is 2.39. The van der Waals surface area contributed by atoms with Crippen LogP contribution in [0.5, 0.6) is 0 Å². The first-order chi connectivity index (χ1) is 7.38. The van der Waals surface area contributed by atoms with Gasteiger partial charge in [-0.2, -0.15) is 0 Å². The molecule has 15 heavy (non-hydrogen) atoms. The van der Waals surface area contributed by atoms with E-state index in [9.17, 15) is 0 Å². The molecule has 2 heterocycles. The van der Waals surface area contributed by atoms with Gasteiger partial charge in [0, 0.05) is 32.8 Å². The van der Waals surface area contributed by atoms with Crippen LogP contribution in [0.4, 0.5) is 0 Å². The van der Waals surface area contributed by atoms with Crippen molar-refractivity contribution in [2.24, 2.45) is 5.92 Å². The maximum Gasteiger partial charge on any atom is 0.0932 e. The Kier molecular flexibility index (Phi) is 4.38. The van der Waals surface area contributed by atoms with E-state index in [0.717, 1.165) is 45.4 Å². The van der Waals surface area contributed by atoms with Gasteiger partial charge in [-0.25, -0.2) is 0 Å². The Bertz CT molecular complexity index is 183.